The summed E-state index contributed by atoms with van der Waals surface area (Å²) in [5.74, 6) is 1.14. The molecule has 3 rings (SSSR count). The third kappa shape index (κ3) is 5.40. The van der Waals surface area contributed by atoms with Crippen molar-refractivity contribution in [3.05, 3.63) is 54.1 Å². The molecule has 1 heterocycles. The first kappa shape index (κ1) is 20.6. The molecule has 0 saturated carbocycles. The lowest BCUT2D eigenvalue weighted by atomic mass is 10.2. The second kappa shape index (κ2) is 10.5. The molecule has 3 aromatic rings. The molecule has 27 heavy (non-hydrogen) atoms. The van der Waals surface area contributed by atoms with Gasteiger partial charge in [0.1, 0.15) is 0 Å². The molecule has 8 nitrogen and oxygen atoms in total. The Labute approximate surface area is 163 Å². The van der Waals surface area contributed by atoms with E-state index in [1.165, 1.54) is 4.68 Å². The van der Waals surface area contributed by atoms with E-state index < -0.39 is 0 Å². The highest BCUT2D eigenvalue weighted by Gasteiger charge is 2.14. The number of para-hydroxylation sites is 1. The molecule has 0 fully saturated rings. The second-order valence-electron chi connectivity index (χ2n) is 5.43. The smallest absolute Gasteiger partial charge is 0.346 e. The van der Waals surface area contributed by atoms with Crippen molar-refractivity contribution in [3.63, 3.8) is 0 Å². The number of aliphatic hydroxyl groups is 1. The molecule has 0 radical (unpaired) electrons. The molecule has 0 aliphatic rings. The van der Waals surface area contributed by atoms with Gasteiger partial charge < -0.3 is 19.9 Å². The van der Waals surface area contributed by atoms with E-state index in [4.69, 9.17) is 14.6 Å². The minimum absolute atomic E-state index is 0. The molecule has 0 spiro atoms. The lowest BCUT2D eigenvalue weighted by Crippen LogP contribution is -2.17. The molecular weight excluding hydrogens is 370 g/mol. The van der Waals surface area contributed by atoms with Gasteiger partial charge in [0.15, 0.2) is 11.5 Å². The number of nitrogens with one attached hydrogen (secondary N) is 1. The predicted octanol–water partition coefficient (Wildman–Crippen LogP) is 2.36. The fourth-order valence-electron chi connectivity index (χ4n) is 2.40. The van der Waals surface area contributed by atoms with Crippen molar-refractivity contribution in [2.45, 2.75) is 13.5 Å². The van der Waals surface area contributed by atoms with Gasteiger partial charge in [-0.1, -0.05) is 29.4 Å². The maximum Gasteiger partial charge on any atom is 0.346 e. The summed E-state index contributed by atoms with van der Waals surface area (Å²) in [6.07, 6.45) is 0. The summed E-state index contributed by atoms with van der Waals surface area (Å²) in [6, 6.07) is 15.4. The zero-order chi connectivity index (χ0) is 18.2. The van der Waals surface area contributed by atoms with Gasteiger partial charge >= 0.3 is 6.01 Å². The second-order valence-corrected chi connectivity index (χ2v) is 5.43. The van der Waals surface area contributed by atoms with Crippen LogP contribution in [0.2, 0.25) is 0 Å². The topological polar surface area (TPSA) is 94.3 Å². The molecule has 9 heteroatoms. The Morgan fingerprint density at radius 1 is 1.11 bits per heavy atom. The Morgan fingerprint density at radius 3 is 2.67 bits per heavy atom. The van der Waals surface area contributed by atoms with Gasteiger partial charge in [0.05, 0.1) is 18.9 Å². The van der Waals surface area contributed by atoms with Crippen LogP contribution in [0.15, 0.2) is 48.5 Å². The lowest BCUT2D eigenvalue weighted by molar-refractivity contribution is 0.291. The van der Waals surface area contributed by atoms with Crippen LogP contribution in [0.3, 0.4) is 0 Å². The zero-order valence-corrected chi connectivity index (χ0v) is 15.7. The third-order valence-electron chi connectivity index (χ3n) is 3.57. The van der Waals surface area contributed by atoms with Gasteiger partial charge in [0, 0.05) is 13.1 Å². The molecule has 0 aliphatic carbocycles. The maximum atomic E-state index is 8.86. The number of halogens is 1. The van der Waals surface area contributed by atoms with E-state index in [1.807, 2.05) is 55.5 Å². The molecule has 2 N–H and O–H groups in total. The fourth-order valence-corrected chi connectivity index (χ4v) is 2.40. The fraction of sp³-hybridized carbons (Fsp3) is 0.278. The number of hydrogen-bond acceptors (Lipinski definition) is 7. The van der Waals surface area contributed by atoms with Gasteiger partial charge in [-0.3, -0.25) is 0 Å². The quantitative estimate of drug-likeness (QED) is 0.540. The summed E-state index contributed by atoms with van der Waals surface area (Å²) >= 11 is 0. The number of aromatic nitrogens is 4. The molecule has 0 bridgehead atoms. The maximum absolute atomic E-state index is 8.86. The number of benzene rings is 2. The van der Waals surface area contributed by atoms with E-state index in [-0.39, 0.29) is 25.0 Å². The Hall–Kier alpha value is -2.68. The van der Waals surface area contributed by atoms with Crippen LogP contribution in [0.1, 0.15) is 12.5 Å². The molecule has 0 atom stereocenters. The highest BCUT2D eigenvalue weighted by molar-refractivity contribution is 5.85. The van der Waals surface area contributed by atoms with Gasteiger partial charge in [-0.2, -0.15) is 4.68 Å². The van der Waals surface area contributed by atoms with Crippen molar-refractivity contribution in [2.75, 3.05) is 19.8 Å². The molecule has 2 aromatic carbocycles. The number of aliphatic hydroxyl groups excluding tert-OH is 1. The Balaban J connectivity index is 0.00000261. The monoisotopic (exact) mass is 391 g/mol. The summed E-state index contributed by atoms with van der Waals surface area (Å²) in [5, 5.41) is 23.6. The van der Waals surface area contributed by atoms with Crippen LogP contribution in [0, 0.1) is 0 Å². The van der Waals surface area contributed by atoms with Gasteiger partial charge in [-0.05, 0) is 47.2 Å². The molecule has 1 aromatic heterocycles. The normalized spacial score (nSPS) is 10.3. The largest absolute Gasteiger partial charge is 0.490 e. The van der Waals surface area contributed by atoms with Crippen molar-refractivity contribution >= 4 is 12.4 Å². The number of hydrogen-bond donors (Lipinski definition) is 2. The zero-order valence-electron chi connectivity index (χ0n) is 14.9. The van der Waals surface area contributed by atoms with Gasteiger partial charge in [-0.15, -0.1) is 12.4 Å². The lowest BCUT2D eigenvalue weighted by Gasteiger charge is -2.13. The predicted molar refractivity (Wildman–Crippen MR) is 103 cm³/mol. The number of nitrogens with zero attached hydrogens (tertiary/aromatic N) is 4. The summed E-state index contributed by atoms with van der Waals surface area (Å²) < 4.78 is 13.1. The van der Waals surface area contributed by atoms with Crippen molar-refractivity contribution in [1.29, 1.82) is 0 Å². The molecule has 0 amide bonds. The average molecular weight is 392 g/mol. The Morgan fingerprint density at radius 2 is 1.93 bits per heavy atom. The molecule has 0 saturated heterocycles. The van der Waals surface area contributed by atoms with Gasteiger partial charge in [0.25, 0.3) is 0 Å². The van der Waals surface area contributed by atoms with E-state index in [0.29, 0.717) is 31.2 Å². The van der Waals surface area contributed by atoms with Crippen LogP contribution in [0.5, 0.6) is 17.5 Å². The van der Waals surface area contributed by atoms with Gasteiger partial charge in [-0.25, -0.2) is 0 Å². The molecule has 144 valence electrons. The van der Waals surface area contributed by atoms with Crippen LogP contribution in [-0.4, -0.2) is 45.1 Å². The van der Waals surface area contributed by atoms with E-state index >= 15 is 0 Å². The first-order valence-corrected chi connectivity index (χ1v) is 8.40. The standard InChI is InChI=1S/C18H21N5O3.ClH/c1-2-25-17-12-14(13-19-10-11-24)8-9-16(17)26-18-20-21-22-23(18)15-6-4-3-5-7-15;/h3-9,12,19,24H,2,10-11,13H2,1H3;1H. The summed E-state index contributed by atoms with van der Waals surface area (Å²) in [4.78, 5) is 0. The van der Waals surface area contributed by atoms with Crippen LogP contribution in [0.4, 0.5) is 0 Å². The summed E-state index contributed by atoms with van der Waals surface area (Å²) in [7, 11) is 0. The summed E-state index contributed by atoms with van der Waals surface area (Å²) in [6.45, 7) is 3.68. The van der Waals surface area contributed by atoms with E-state index in [0.717, 1.165) is 11.3 Å². The number of rotatable bonds is 9. The Kier molecular flexibility index (Phi) is 8.00. The molecule has 0 unspecified atom stereocenters. The minimum atomic E-state index is 0. The van der Waals surface area contributed by atoms with Crippen LogP contribution in [-0.2, 0) is 6.54 Å². The third-order valence-corrected chi connectivity index (χ3v) is 3.57. The van der Waals surface area contributed by atoms with Crippen molar-refractivity contribution in [1.82, 2.24) is 25.5 Å². The first-order chi connectivity index (χ1) is 12.8. The SMILES string of the molecule is CCOc1cc(CNCCO)ccc1Oc1nnnn1-c1ccccc1.Cl. The van der Waals surface area contributed by atoms with Crippen molar-refractivity contribution in [2.24, 2.45) is 0 Å². The minimum Gasteiger partial charge on any atom is -0.490 e. The average Bonchev–Trinajstić information content (AvgIpc) is 3.13. The van der Waals surface area contributed by atoms with Crippen molar-refractivity contribution in [3.8, 4) is 23.2 Å². The summed E-state index contributed by atoms with van der Waals surface area (Å²) in [5.41, 5.74) is 1.83. The van der Waals surface area contributed by atoms with Crippen LogP contribution < -0.4 is 14.8 Å². The van der Waals surface area contributed by atoms with E-state index in [2.05, 4.69) is 20.8 Å². The van der Waals surface area contributed by atoms with Crippen molar-refractivity contribution < 1.29 is 14.6 Å². The Bertz CT molecular complexity index is 829. The first-order valence-electron chi connectivity index (χ1n) is 8.40. The van der Waals surface area contributed by atoms with E-state index in [9.17, 15) is 0 Å². The van der Waals surface area contributed by atoms with E-state index in [1.54, 1.807) is 0 Å². The number of tetrazole rings is 1. The highest BCUT2D eigenvalue weighted by Crippen LogP contribution is 2.32. The molecular formula is C18H22ClN5O3. The van der Waals surface area contributed by atoms with Crippen LogP contribution in [0.25, 0.3) is 5.69 Å². The number of ether oxygens (including phenoxy) is 2. The van der Waals surface area contributed by atoms with Gasteiger partial charge in [0.2, 0.25) is 0 Å². The highest BCUT2D eigenvalue weighted by atomic mass is 35.5. The molecule has 0 aliphatic heterocycles. The van der Waals surface area contributed by atoms with Crippen LogP contribution >= 0.6 is 12.4 Å².